The number of hydrogen-bond acceptors (Lipinski definition) is 2. The van der Waals surface area contributed by atoms with Crippen molar-refractivity contribution in [3.8, 4) is 0 Å². The molecule has 0 fully saturated rings. The van der Waals surface area contributed by atoms with Gasteiger partial charge < -0.3 is 0 Å². The van der Waals surface area contributed by atoms with Crippen LogP contribution < -0.4 is 0 Å². The van der Waals surface area contributed by atoms with E-state index >= 15 is 0 Å². The smallest absolute Gasteiger partial charge is 0.164 e. The SMILES string of the molecule is CC.CC.CCSC(CC(=O)c1ccccc1)c1ccccc1. The van der Waals surface area contributed by atoms with Crippen molar-refractivity contribution in [1.29, 1.82) is 0 Å². The number of rotatable bonds is 6. The Morgan fingerprint density at radius 2 is 1.35 bits per heavy atom. The van der Waals surface area contributed by atoms with Crippen molar-refractivity contribution < 1.29 is 4.79 Å². The highest BCUT2D eigenvalue weighted by Gasteiger charge is 2.16. The van der Waals surface area contributed by atoms with Gasteiger partial charge in [0.05, 0.1) is 0 Å². The van der Waals surface area contributed by atoms with Gasteiger partial charge in [0.1, 0.15) is 0 Å². The summed E-state index contributed by atoms with van der Waals surface area (Å²) in [5, 5.41) is 0.249. The Bertz CT molecular complexity index is 508. The first-order chi connectivity index (χ1) is 11.3. The van der Waals surface area contributed by atoms with Gasteiger partial charge in [0.2, 0.25) is 0 Å². The molecule has 0 aliphatic heterocycles. The Kier molecular flexibility index (Phi) is 13.1. The lowest BCUT2D eigenvalue weighted by Crippen LogP contribution is -2.05. The maximum absolute atomic E-state index is 12.3. The van der Waals surface area contributed by atoms with Crippen LogP contribution in [0.25, 0.3) is 0 Å². The molecule has 23 heavy (non-hydrogen) atoms. The van der Waals surface area contributed by atoms with E-state index in [-0.39, 0.29) is 11.0 Å². The van der Waals surface area contributed by atoms with Gasteiger partial charge in [-0.1, -0.05) is 95.3 Å². The Morgan fingerprint density at radius 1 is 0.870 bits per heavy atom. The third kappa shape index (κ3) is 8.03. The van der Waals surface area contributed by atoms with Crippen LogP contribution in [0.2, 0.25) is 0 Å². The van der Waals surface area contributed by atoms with Crippen molar-refractivity contribution in [3.05, 3.63) is 71.8 Å². The van der Waals surface area contributed by atoms with Crippen LogP contribution in [0.5, 0.6) is 0 Å². The molecular weight excluding hydrogens is 300 g/mol. The van der Waals surface area contributed by atoms with Crippen LogP contribution in [0.3, 0.4) is 0 Å². The minimum absolute atomic E-state index is 0.218. The van der Waals surface area contributed by atoms with E-state index in [0.717, 1.165) is 11.3 Å². The fraction of sp³-hybridized carbons (Fsp3) is 0.381. The molecule has 0 saturated carbocycles. The number of hydrogen-bond donors (Lipinski definition) is 0. The first kappa shape index (κ1) is 21.5. The third-order valence-corrected chi connectivity index (χ3v) is 4.18. The van der Waals surface area contributed by atoms with E-state index in [4.69, 9.17) is 0 Å². The first-order valence-electron chi connectivity index (χ1n) is 8.56. The molecule has 2 heteroatoms. The van der Waals surface area contributed by atoms with E-state index < -0.39 is 0 Å². The van der Waals surface area contributed by atoms with Crippen LogP contribution >= 0.6 is 11.8 Å². The van der Waals surface area contributed by atoms with Crippen LogP contribution in [-0.2, 0) is 0 Å². The van der Waals surface area contributed by atoms with Gasteiger partial charge in [0.25, 0.3) is 0 Å². The summed E-state index contributed by atoms with van der Waals surface area (Å²) >= 11 is 1.83. The summed E-state index contributed by atoms with van der Waals surface area (Å²) < 4.78 is 0. The topological polar surface area (TPSA) is 17.1 Å². The largest absolute Gasteiger partial charge is 0.294 e. The average molecular weight is 331 g/mol. The van der Waals surface area contributed by atoms with Gasteiger partial charge >= 0.3 is 0 Å². The van der Waals surface area contributed by atoms with Crippen LogP contribution in [0, 0.1) is 0 Å². The Morgan fingerprint density at radius 3 is 1.83 bits per heavy atom. The molecular formula is C21H30OS. The Hall–Kier alpha value is -1.54. The molecule has 0 spiro atoms. The van der Waals surface area contributed by atoms with Gasteiger partial charge in [-0.15, -0.1) is 0 Å². The number of carbonyl (C=O) groups is 1. The van der Waals surface area contributed by atoms with Gasteiger partial charge in [-0.25, -0.2) is 0 Å². The lowest BCUT2D eigenvalue weighted by Gasteiger charge is -2.15. The van der Waals surface area contributed by atoms with Crippen molar-refractivity contribution in [2.24, 2.45) is 0 Å². The highest BCUT2D eigenvalue weighted by atomic mass is 32.2. The van der Waals surface area contributed by atoms with Crippen molar-refractivity contribution in [2.75, 3.05) is 5.75 Å². The molecule has 0 aromatic heterocycles. The van der Waals surface area contributed by atoms with E-state index in [0.29, 0.717) is 6.42 Å². The summed E-state index contributed by atoms with van der Waals surface area (Å²) in [4.78, 5) is 12.3. The van der Waals surface area contributed by atoms with Gasteiger partial charge in [0.15, 0.2) is 5.78 Å². The molecule has 2 rings (SSSR count). The van der Waals surface area contributed by atoms with Crippen molar-refractivity contribution >= 4 is 17.5 Å². The molecule has 126 valence electrons. The van der Waals surface area contributed by atoms with Crippen LogP contribution in [0.4, 0.5) is 0 Å². The van der Waals surface area contributed by atoms with E-state index in [1.165, 1.54) is 5.56 Å². The quantitative estimate of drug-likeness (QED) is 0.541. The van der Waals surface area contributed by atoms with Crippen molar-refractivity contribution in [3.63, 3.8) is 0 Å². The zero-order chi connectivity index (χ0) is 17.5. The van der Waals surface area contributed by atoms with Crippen molar-refractivity contribution in [2.45, 2.75) is 46.3 Å². The molecule has 1 nitrogen and oxygen atoms in total. The third-order valence-electron chi connectivity index (χ3n) is 3.01. The number of carbonyl (C=O) groups excluding carboxylic acids is 1. The molecule has 0 heterocycles. The lowest BCUT2D eigenvalue weighted by molar-refractivity contribution is 0.0982. The molecule has 1 unspecified atom stereocenters. The maximum Gasteiger partial charge on any atom is 0.164 e. The fourth-order valence-electron chi connectivity index (χ4n) is 2.05. The summed E-state index contributed by atoms with van der Waals surface area (Å²) in [7, 11) is 0. The summed E-state index contributed by atoms with van der Waals surface area (Å²) in [5.41, 5.74) is 2.04. The van der Waals surface area contributed by atoms with E-state index in [2.05, 4.69) is 19.1 Å². The molecule has 0 radical (unpaired) electrons. The predicted molar refractivity (Wildman–Crippen MR) is 105 cm³/mol. The van der Waals surface area contributed by atoms with Gasteiger partial charge in [-0.2, -0.15) is 11.8 Å². The molecule has 0 N–H and O–H groups in total. The zero-order valence-corrected chi connectivity index (χ0v) is 15.9. The monoisotopic (exact) mass is 330 g/mol. The molecule has 0 aliphatic carbocycles. The van der Waals surface area contributed by atoms with Crippen LogP contribution in [0.15, 0.2) is 60.7 Å². The summed E-state index contributed by atoms with van der Waals surface area (Å²) in [6.45, 7) is 10.1. The first-order valence-corrected chi connectivity index (χ1v) is 9.61. The molecule has 2 aromatic rings. The standard InChI is InChI=1S/C17H18OS.2C2H6/c1-2-19-17(15-11-7-4-8-12-15)13-16(18)14-9-5-3-6-10-14;2*1-2/h3-12,17H,2,13H2,1H3;2*1-2H3. The van der Waals surface area contributed by atoms with Gasteiger partial charge in [-0.3, -0.25) is 4.79 Å². The molecule has 2 aromatic carbocycles. The highest BCUT2D eigenvalue weighted by molar-refractivity contribution is 7.99. The van der Waals surface area contributed by atoms with E-state index in [9.17, 15) is 4.79 Å². The van der Waals surface area contributed by atoms with Gasteiger partial charge in [-0.05, 0) is 11.3 Å². The van der Waals surface area contributed by atoms with Crippen LogP contribution in [-0.4, -0.2) is 11.5 Å². The fourth-order valence-corrected chi connectivity index (χ4v) is 3.07. The van der Waals surface area contributed by atoms with Gasteiger partial charge in [0, 0.05) is 17.2 Å². The van der Waals surface area contributed by atoms with E-state index in [1.54, 1.807) is 0 Å². The van der Waals surface area contributed by atoms with Crippen LogP contribution in [0.1, 0.15) is 62.2 Å². The molecule has 1 atom stereocenters. The summed E-state index contributed by atoms with van der Waals surface area (Å²) in [5.74, 6) is 1.23. The predicted octanol–water partition coefficient (Wildman–Crippen LogP) is 6.81. The number of Topliss-reactive ketones (excluding diaryl/α,β-unsaturated/α-hetero) is 1. The molecule has 0 saturated heterocycles. The summed E-state index contributed by atoms with van der Waals surface area (Å²) in [6, 6.07) is 19.8. The molecule has 0 aliphatic rings. The normalized spacial score (nSPS) is 10.5. The number of benzene rings is 2. The second kappa shape index (κ2) is 14.1. The Labute approximate surface area is 146 Å². The van der Waals surface area contributed by atoms with Crippen molar-refractivity contribution in [1.82, 2.24) is 0 Å². The second-order valence-corrected chi connectivity index (χ2v) is 5.83. The molecule has 0 bridgehead atoms. The van der Waals surface area contributed by atoms with E-state index in [1.807, 2.05) is 88.0 Å². The Balaban J connectivity index is 0.00000112. The second-order valence-electron chi connectivity index (χ2n) is 4.35. The molecule has 0 amide bonds. The minimum Gasteiger partial charge on any atom is -0.294 e. The lowest BCUT2D eigenvalue weighted by atomic mass is 10.0. The zero-order valence-electron chi connectivity index (χ0n) is 15.1. The number of thioether (sulfide) groups is 1. The highest BCUT2D eigenvalue weighted by Crippen LogP contribution is 2.32. The average Bonchev–Trinajstić information content (AvgIpc) is 2.66. The summed E-state index contributed by atoms with van der Waals surface area (Å²) in [6.07, 6.45) is 0.562. The number of ketones is 1. The maximum atomic E-state index is 12.3. The minimum atomic E-state index is 0.218.